The minimum absolute atomic E-state index is 0.0194. The number of carbonyl (C=O) groups is 2. The second kappa shape index (κ2) is 8.50. The van der Waals surface area contributed by atoms with Crippen LogP contribution in [0, 0.1) is 0 Å². The molecule has 1 heterocycles. The lowest BCUT2D eigenvalue weighted by Crippen LogP contribution is -2.35. The summed E-state index contributed by atoms with van der Waals surface area (Å²) in [4.78, 5) is 30.9. The molecule has 24 heavy (non-hydrogen) atoms. The van der Waals surface area contributed by atoms with E-state index in [1.807, 2.05) is 30.3 Å². The Morgan fingerprint density at radius 3 is 2.62 bits per heavy atom. The maximum Gasteiger partial charge on any atom is 0.256 e. The normalized spacial score (nSPS) is 17.1. The molecule has 1 aliphatic heterocycles. The standard InChI is InChI=1S/C15H20N2O5S2/c1-16(13-5-3-2-4-6-13)14(18)11-23-12-15(19)17-7-9-24(20,21)10-8-22-17/h2-6H,7-12H2,1H3. The third-order valence-electron chi connectivity index (χ3n) is 3.49. The fourth-order valence-corrected chi connectivity index (χ4v) is 3.82. The molecular formula is C15H20N2O5S2. The van der Waals surface area contributed by atoms with Gasteiger partial charge in [-0.2, -0.15) is 0 Å². The van der Waals surface area contributed by atoms with E-state index in [1.165, 1.54) is 16.7 Å². The summed E-state index contributed by atoms with van der Waals surface area (Å²) in [6, 6.07) is 9.23. The average molecular weight is 372 g/mol. The second-order valence-electron chi connectivity index (χ2n) is 5.26. The summed E-state index contributed by atoms with van der Waals surface area (Å²) in [7, 11) is -1.46. The highest BCUT2D eigenvalue weighted by atomic mass is 32.2. The van der Waals surface area contributed by atoms with E-state index in [-0.39, 0.29) is 48.0 Å². The lowest BCUT2D eigenvalue weighted by atomic mass is 10.3. The third-order valence-corrected chi connectivity index (χ3v) is 5.99. The van der Waals surface area contributed by atoms with E-state index in [4.69, 9.17) is 4.84 Å². The van der Waals surface area contributed by atoms with E-state index in [1.54, 1.807) is 7.05 Å². The van der Waals surface area contributed by atoms with Gasteiger partial charge in [0.15, 0.2) is 9.84 Å². The third kappa shape index (κ3) is 5.50. The lowest BCUT2D eigenvalue weighted by Gasteiger charge is -2.19. The van der Waals surface area contributed by atoms with Gasteiger partial charge in [-0.15, -0.1) is 11.8 Å². The van der Waals surface area contributed by atoms with Crippen molar-refractivity contribution in [1.29, 1.82) is 0 Å². The first-order chi connectivity index (χ1) is 11.4. The molecule has 0 aromatic heterocycles. The van der Waals surface area contributed by atoms with Gasteiger partial charge in [0.2, 0.25) is 5.91 Å². The number of nitrogens with zero attached hydrogens (tertiary/aromatic N) is 2. The van der Waals surface area contributed by atoms with Crippen LogP contribution in [0.1, 0.15) is 0 Å². The summed E-state index contributed by atoms with van der Waals surface area (Å²) >= 11 is 1.18. The molecular weight excluding hydrogens is 352 g/mol. The van der Waals surface area contributed by atoms with E-state index < -0.39 is 9.84 Å². The van der Waals surface area contributed by atoms with Gasteiger partial charge in [-0.05, 0) is 12.1 Å². The number of anilines is 1. The molecule has 2 rings (SSSR count). The number of carbonyl (C=O) groups excluding carboxylic acids is 2. The van der Waals surface area contributed by atoms with Crippen molar-refractivity contribution in [3.05, 3.63) is 30.3 Å². The molecule has 0 N–H and O–H groups in total. The Bertz CT molecular complexity index is 678. The molecule has 1 saturated heterocycles. The lowest BCUT2D eigenvalue weighted by molar-refractivity contribution is -0.178. The fourth-order valence-electron chi connectivity index (χ4n) is 2.05. The van der Waals surface area contributed by atoms with Crippen LogP contribution in [-0.4, -0.2) is 68.5 Å². The van der Waals surface area contributed by atoms with E-state index in [9.17, 15) is 18.0 Å². The first kappa shape index (κ1) is 18.8. The molecule has 0 spiro atoms. The topological polar surface area (TPSA) is 84.0 Å². The Morgan fingerprint density at radius 1 is 1.21 bits per heavy atom. The van der Waals surface area contributed by atoms with Crippen LogP contribution < -0.4 is 4.90 Å². The molecule has 0 radical (unpaired) electrons. The van der Waals surface area contributed by atoms with Gasteiger partial charge in [-0.3, -0.25) is 14.4 Å². The van der Waals surface area contributed by atoms with Gasteiger partial charge < -0.3 is 4.90 Å². The number of hydroxylamine groups is 2. The SMILES string of the molecule is CN(C(=O)CSCC(=O)N1CCS(=O)(=O)CCO1)c1ccccc1. The molecule has 1 fully saturated rings. The van der Waals surface area contributed by atoms with Crippen LogP contribution in [0.15, 0.2) is 30.3 Å². The van der Waals surface area contributed by atoms with Crippen molar-refractivity contribution in [3.63, 3.8) is 0 Å². The number of thioether (sulfide) groups is 1. The first-order valence-corrected chi connectivity index (χ1v) is 10.4. The highest BCUT2D eigenvalue weighted by Crippen LogP contribution is 2.14. The number of para-hydroxylation sites is 1. The van der Waals surface area contributed by atoms with Crippen molar-refractivity contribution < 1.29 is 22.8 Å². The number of rotatable bonds is 5. The van der Waals surface area contributed by atoms with Crippen LogP contribution in [-0.2, 0) is 24.3 Å². The predicted octanol–water partition coefficient (Wildman–Crippen LogP) is 0.571. The molecule has 2 amide bonds. The molecule has 132 valence electrons. The molecule has 0 unspecified atom stereocenters. The summed E-state index contributed by atoms with van der Waals surface area (Å²) in [5.74, 6) is -0.397. The maximum atomic E-state index is 12.1. The zero-order valence-corrected chi connectivity index (χ0v) is 15.0. The van der Waals surface area contributed by atoms with Crippen molar-refractivity contribution >= 4 is 39.1 Å². The van der Waals surface area contributed by atoms with Gasteiger partial charge in [0.1, 0.15) is 0 Å². The molecule has 0 saturated carbocycles. The monoisotopic (exact) mass is 372 g/mol. The molecule has 0 bridgehead atoms. The Morgan fingerprint density at radius 2 is 1.92 bits per heavy atom. The van der Waals surface area contributed by atoms with Crippen molar-refractivity contribution in [1.82, 2.24) is 5.06 Å². The Kier molecular flexibility index (Phi) is 6.64. The van der Waals surface area contributed by atoms with Gasteiger partial charge in [-0.25, -0.2) is 13.5 Å². The summed E-state index contributed by atoms with van der Waals surface area (Å²) < 4.78 is 23.0. The smallest absolute Gasteiger partial charge is 0.256 e. The Balaban J connectivity index is 1.77. The van der Waals surface area contributed by atoms with E-state index in [2.05, 4.69) is 0 Å². The van der Waals surface area contributed by atoms with E-state index in [0.29, 0.717) is 0 Å². The van der Waals surface area contributed by atoms with Crippen molar-refractivity contribution in [2.75, 3.05) is 48.1 Å². The van der Waals surface area contributed by atoms with Crippen LogP contribution in [0.3, 0.4) is 0 Å². The highest BCUT2D eigenvalue weighted by molar-refractivity contribution is 8.00. The van der Waals surface area contributed by atoms with Gasteiger partial charge in [0.05, 0.1) is 36.2 Å². The summed E-state index contributed by atoms with van der Waals surface area (Å²) in [6.07, 6.45) is 0. The van der Waals surface area contributed by atoms with Crippen LogP contribution >= 0.6 is 11.8 Å². The van der Waals surface area contributed by atoms with E-state index >= 15 is 0 Å². The number of hydrogen-bond acceptors (Lipinski definition) is 6. The molecule has 1 aromatic carbocycles. The van der Waals surface area contributed by atoms with Gasteiger partial charge in [0.25, 0.3) is 5.91 Å². The van der Waals surface area contributed by atoms with Crippen LogP contribution in [0.2, 0.25) is 0 Å². The van der Waals surface area contributed by atoms with Crippen LogP contribution in [0.25, 0.3) is 0 Å². The predicted molar refractivity (Wildman–Crippen MR) is 93.5 cm³/mol. The molecule has 9 heteroatoms. The summed E-state index contributed by atoms with van der Waals surface area (Å²) in [5, 5.41) is 1.09. The zero-order valence-electron chi connectivity index (χ0n) is 13.4. The molecule has 7 nitrogen and oxygen atoms in total. The summed E-state index contributed by atoms with van der Waals surface area (Å²) in [6.45, 7) is 0.00794. The van der Waals surface area contributed by atoms with Crippen LogP contribution in [0.5, 0.6) is 0 Å². The number of hydrogen-bond donors (Lipinski definition) is 0. The average Bonchev–Trinajstić information content (AvgIpc) is 2.75. The molecule has 1 aliphatic rings. The molecule has 0 atom stereocenters. The number of sulfone groups is 1. The Hall–Kier alpha value is -1.58. The largest absolute Gasteiger partial charge is 0.315 e. The Labute approximate surface area is 145 Å². The van der Waals surface area contributed by atoms with Crippen molar-refractivity contribution in [3.8, 4) is 0 Å². The van der Waals surface area contributed by atoms with Gasteiger partial charge in [0, 0.05) is 12.7 Å². The minimum Gasteiger partial charge on any atom is -0.315 e. The maximum absolute atomic E-state index is 12.1. The van der Waals surface area contributed by atoms with E-state index in [0.717, 1.165) is 10.8 Å². The summed E-state index contributed by atoms with van der Waals surface area (Å²) in [5.41, 5.74) is 0.787. The molecule has 0 aliphatic carbocycles. The highest BCUT2D eigenvalue weighted by Gasteiger charge is 2.23. The first-order valence-electron chi connectivity index (χ1n) is 7.42. The fraction of sp³-hybridized carbons (Fsp3) is 0.467. The zero-order chi connectivity index (χ0) is 17.6. The van der Waals surface area contributed by atoms with Crippen molar-refractivity contribution in [2.24, 2.45) is 0 Å². The van der Waals surface area contributed by atoms with Gasteiger partial charge >= 0.3 is 0 Å². The number of amides is 2. The van der Waals surface area contributed by atoms with Crippen LogP contribution in [0.4, 0.5) is 5.69 Å². The second-order valence-corrected chi connectivity index (χ2v) is 8.55. The van der Waals surface area contributed by atoms with Gasteiger partial charge in [-0.1, -0.05) is 18.2 Å². The van der Waals surface area contributed by atoms with Crippen molar-refractivity contribution in [2.45, 2.75) is 0 Å². The molecule has 1 aromatic rings. The quantitative estimate of drug-likeness (QED) is 0.751. The number of benzene rings is 1. The minimum atomic E-state index is -3.15.